The van der Waals surface area contributed by atoms with E-state index < -0.39 is 5.97 Å². The van der Waals surface area contributed by atoms with Gasteiger partial charge in [-0.1, -0.05) is 23.7 Å². The molecule has 32 heavy (non-hydrogen) atoms. The van der Waals surface area contributed by atoms with Crippen LogP contribution in [0.2, 0.25) is 5.02 Å². The first-order chi connectivity index (χ1) is 15.5. The minimum absolute atomic E-state index is 0.0713. The summed E-state index contributed by atoms with van der Waals surface area (Å²) in [4.78, 5) is 24.9. The summed E-state index contributed by atoms with van der Waals surface area (Å²) in [5, 5.41) is 0.747. The molecule has 4 aromatic rings. The first-order valence-electron chi connectivity index (χ1n) is 9.71. The van der Waals surface area contributed by atoms with Crippen LogP contribution in [0.15, 0.2) is 75.9 Å². The highest BCUT2D eigenvalue weighted by Gasteiger charge is 2.18. The molecule has 1 heterocycles. The number of carbonyl (C=O) groups excluding carboxylic acids is 1. The number of ether oxygens (including phenoxy) is 3. The fourth-order valence-electron chi connectivity index (χ4n) is 3.22. The van der Waals surface area contributed by atoms with E-state index in [0.717, 1.165) is 5.56 Å². The van der Waals surface area contributed by atoms with Crippen LogP contribution in [0.1, 0.15) is 15.9 Å². The molecule has 0 aliphatic heterocycles. The van der Waals surface area contributed by atoms with Crippen molar-refractivity contribution >= 4 is 28.5 Å². The van der Waals surface area contributed by atoms with E-state index in [0.29, 0.717) is 38.6 Å². The van der Waals surface area contributed by atoms with Gasteiger partial charge in [-0.25, -0.2) is 4.79 Å². The van der Waals surface area contributed by atoms with Gasteiger partial charge in [0.25, 0.3) is 0 Å². The van der Waals surface area contributed by atoms with Crippen LogP contribution in [0.4, 0.5) is 0 Å². The zero-order valence-electron chi connectivity index (χ0n) is 17.4. The van der Waals surface area contributed by atoms with Gasteiger partial charge >= 0.3 is 5.97 Å². The van der Waals surface area contributed by atoms with Gasteiger partial charge < -0.3 is 18.6 Å². The third-order valence-electron chi connectivity index (χ3n) is 4.92. The van der Waals surface area contributed by atoms with Crippen LogP contribution in [0.5, 0.6) is 11.5 Å². The third kappa shape index (κ3) is 4.31. The smallest absolute Gasteiger partial charge is 0.337 e. The topological polar surface area (TPSA) is 75.0 Å². The Labute approximate surface area is 188 Å². The molecule has 0 aliphatic rings. The lowest BCUT2D eigenvalue weighted by Crippen LogP contribution is -2.10. The van der Waals surface area contributed by atoms with Gasteiger partial charge in [-0.3, -0.25) is 4.79 Å². The number of carbonyl (C=O) groups is 1. The molecule has 0 amide bonds. The van der Waals surface area contributed by atoms with E-state index in [-0.39, 0.29) is 17.8 Å². The molecule has 4 rings (SSSR count). The number of hydrogen-bond donors (Lipinski definition) is 0. The van der Waals surface area contributed by atoms with Crippen LogP contribution >= 0.6 is 11.6 Å². The second-order valence-electron chi connectivity index (χ2n) is 6.94. The zero-order valence-corrected chi connectivity index (χ0v) is 18.1. The molecule has 0 spiro atoms. The van der Waals surface area contributed by atoms with Crippen LogP contribution in [0.3, 0.4) is 0 Å². The van der Waals surface area contributed by atoms with Crippen LogP contribution in [-0.4, -0.2) is 20.2 Å². The quantitative estimate of drug-likeness (QED) is 0.362. The third-order valence-corrected chi connectivity index (χ3v) is 5.16. The number of methoxy groups -OCH3 is 2. The fraction of sp³-hybridized carbons (Fsp3) is 0.120. The minimum Gasteiger partial charge on any atom is -0.497 e. The second-order valence-corrected chi connectivity index (χ2v) is 7.37. The van der Waals surface area contributed by atoms with Crippen molar-refractivity contribution in [2.24, 2.45) is 0 Å². The Balaban J connectivity index is 1.74. The predicted octanol–water partition coefficient (Wildman–Crippen LogP) is 5.49. The molecule has 0 atom stereocenters. The van der Waals surface area contributed by atoms with E-state index in [1.54, 1.807) is 73.8 Å². The van der Waals surface area contributed by atoms with Crippen LogP contribution in [0, 0.1) is 0 Å². The van der Waals surface area contributed by atoms with E-state index >= 15 is 0 Å². The lowest BCUT2D eigenvalue weighted by molar-refractivity contribution is 0.0600. The molecule has 6 nitrogen and oxygen atoms in total. The van der Waals surface area contributed by atoms with E-state index in [4.69, 9.17) is 30.2 Å². The Kier molecular flexibility index (Phi) is 6.14. The van der Waals surface area contributed by atoms with E-state index in [1.165, 1.54) is 7.11 Å². The molecule has 0 unspecified atom stereocenters. The maximum absolute atomic E-state index is 13.3. The summed E-state index contributed by atoms with van der Waals surface area (Å²) in [6.07, 6.45) is 0. The number of rotatable bonds is 6. The normalized spacial score (nSPS) is 10.7. The molecule has 162 valence electrons. The monoisotopic (exact) mass is 450 g/mol. The Morgan fingerprint density at radius 1 is 0.969 bits per heavy atom. The number of halogens is 1. The number of esters is 1. The van der Waals surface area contributed by atoms with Crippen molar-refractivity contribution in [2.75, 3.05) is 14.2 Å². The van der Waals surface area contributed by atoms with Crippen molar-refractivity contribution in [3.63, 3.8) is 0 Å². The Morgan fingerprint density at radius 3 is 2.34 bits per heavy atom. The Morgan fingerprint density at radius 2 is 1.69 bits per heavy atom. The highest BCUT2D eigenvalue weighted by Crippen LogP contribution is 2.33. The van der Waals surface area contributed by atoms with Gasteiger partial charge in [0.15, 0.2) is 5.76 Å². The van der Waals surface area contributed by atoms with Crippen molar-refractivity contribution in [1.82, 2.24) is 0 Å². The molecular formula is C25H19ClO6. The zero-order chi connectivity index (χ0) is 22.7. The minimum atomic E-state index is -0.425. The first-order valence-corrected chi connectivity index (χ1v) is 10.1. The van der Waals surface area contributed by atoms with Crippen LogP contribution in [-0.2, 0) is 11.3 Å². The second kappa shape index (κ2) is 9.16. The van der Waals surface area contributed by atoms with Crippen molar-refractivity contribution in [3.05, 3.63) is 93.1 Å². The van der Waals surface area contributed by atoms with Gasteiger partial charge in [0, 0.05) is 10.6 Å². The molecule has 0 saturated carbocycles. The van der Waals surface area contributed by atoms with E-state index in [2.05, 4.69) is 0 Å². The summed E-state index contributed by atoms with van der Waals surface area (Å²) in [6, 6.07) is 18.7. The molecule has 1 aromatic heterocycles. The predicted molar refractivity (Wildman–Crippen MR) is 122 cm³/mol. The van der Waals surface area contributed by atoms with Gasteiger partial charge in [0.05, 0.1) is 25.2 Å². The number of hydrogen-bond acceptors (Lipinski definition) is 6. The van der Waals surface area contributed by atoms with Gasteiger partial charge in [-0.15, -0.1) is 0 Å². The molecule has 0 saturated heterocycles. The highest BCUT2D eigenvalue weighted by atomic mass is 35.5. The summed E-state index contributed by atoms with van der Waals surface area (Å²) < 4.78 is 21.9. The number of benzene rings is 3. The molecule has 7 heteroatoms. The van der Waals surface area contributed by atoms with Gasteiger partial charge in [-0.05, 0) is 60.2 Å². The first kappa shape index (κ1) is 21.5. The SMILES string of the molecule is COC(=O)c1ccc(COc2c(-c3ccc(OC)cc3)oc3ccc(Cl)cc3c2=O)cc1. The maximum Gasteiger partial charge on any atom is 0.337 e. The number of fused-ring (bicyclic) bond motifs is 1. The van der Waals surface area contributed by atoms with E-state index in [1.807, 2.05) is 0 Å². The maximum atomic E-state index is 13.3. The summed E-state index contributed by atoms with van der Waals surface area (Å²) in [5.74, 6) is 0.628. The summed E-state index contributed by atoms with van der Waals surface area (Å²) in [5.41, 5.74) is 1.93. The standard InChI is InChI=1S/C25H19ClO6/c1-29-19-10-7-16(8-11-19)23-24(22(27)20-13-18(26)9-12-21(20)32-23)31-14-15-3-5-17(6-4-15)25(28)30-2/h3-13H,14H2,1-2H3. The average Bonchev–Trinajstić information content (AvgIpc) is 2.83. The van der Waals surface area contributed by atoms with Crippen molar-refractivity contribution in [1.29, 1.82) is 0 Å². The highest BCUT2D eigenvalue weighted by molar-refractivity contribution is 6.31. The van der Waals surface area contributed by atoms with Crippen LogP contribution < -0.4 is 14.9 Å². The van der Waals surface area contributed by atoms with Crippen LogP contribution in [0.25, 0.3) is 22.3 Å². The molecule has 0 radical (unpaired) electrons. The molecule has 0 bridgehead atoms. The summed E-state index contributed by atoms with van der Waals surface area (Å²) >= 11 is 6.09. The van der Waals surface area contributed by atoms with E-state index in [9.17, 15) is 9.59 Å². The van der Waals surface area contributed by atoms with Gasteiger partial charge in [0.1, 0.15) is 17.9 Å². The molecule has 0 fully saturated rings. The van der Waals surface area contributed by atoms with Gasteiger partial charge in [-0.2, -0.15) is 0 Å². The fourth-order valence-corrected chi connectivity index (χ4v) is 3.40. The molecule has 0 aliphatic carbocycles. The van der Waals surface area contributed by atoms with Crippen molar-refractivity contribution < 1.29 is 23.4 Å². The largest absolute Gasteiger partial charge is 0.497 e. The van der Waals surface area contributed by atoms with Crippen molar-refractivity contribution in [2.45, 2.75) is 6.61 Å². The molecular weight excluding hydrogens is 432 g/mol. The summed E-state index contributed by atoms with van der Waals surface area (Å²) in [6.45, 7) is 0.0987. The lowest BCUT2D eigenvalue weighted by atomic mass is 10.1. The lowest BCUT2D eigenvalue weighted by Gasteiger charge is -2.12. The Hall–Kier alpha value is -3.77. The molecule has 0 N–H and O–H groups in total. The molecule has 3 aromatic carbocycles. The average molecular weight is 451 g/mol. The Bertz CT molecular complexity index is 1320. The van der Waals surface area contributed by atoms with Gasteiger partial charge in [0.2, 0.25) is 11.2 Å². The summed E-state index contributed by atoms with van der Waals surface area (Å²) in [7, 11) is 2.90. The van der Waals surface area contributed by atoms with Crippen molar-refractivity contribution in [3.8, 4) is 22.8 Å².